The van der Waals surface area contributed by atoms with Crippen LogP contribution in [0.25, 0.3) is 0 Å². The van der Waals surface area contributed by atoms with Crippen LogP contribution in [-0.4, -0.2) is 40.1 Å². The second-order valence-electron chi connectivity index (χ2n) is 8.74. The molecule has 1 aliphatic rings. The molecule has 2 heterocycles. The first-order chi connectivity index (χ1) is 16.1. The van der Waals surface area contributed by atoms with Crippen molar-refractivity contribution in [2.24, 2.45) is 0 Å². The SMILES string of the molecule is CC1(C)CN(c2ccc(SC(F)(F)F)cc2)CN1Cc1ccncc1NC(=O)c1ccccc1. The summed E-state index contributed by atoms with van der Waals surface area (Å²) < 4.78 is 37.9. The largest absolute Gasteiger partial charge is 0.446 e. The number of nitrogens with one attached hydrogen (secondary N) is 1. The second kappa shape index (κ2) is 9.68. The summed E-state index contributed by atoms with van der Waals surface area (Å²) in [6.45, 7) is 6.16. The normalized spacial score (nSPS) is 16.0. The van der Waals surface area contributed by atoms with Crippen molar-refractivity contribution < 1.29 is 18.0 Å². The van der Waals surface area contributed by atoms with E-state index in [-0.39, 0.29) is 28.1 Å². The Bertz CT molecular complexity index is 1140. The van der Waals surface area contributed by atoms with Crippen LogP contribution in [0.1, 0.15) is 29.8 Å². The fourth-order valence-electron chi connectivity index (χ4n) is 3.97. The van der Waals surface area contributed by atoms with E-state index in [0.717, 1.165) is 17.8 Å². The van der Waals surface area contributed by atoms with Crippen LogP contribution < -0.4 is 10.2 Å². The van der Waals surface area contributed by atoms with E-state index in [2.05, 4.69) is 33.9 Å². The Labute approximate surface area is 201 Å². The van der Waals surface area contributed by atoms with Crippen molar-refractivity contribution in [3.63, 3.8) is 0 Å². The van der Waals surface area contributed by atoms with Crippen molar-refractivity contribution >= 4 is 29.0 Å². The summed E-state index contributed by atoms with van der Waals surface area (Å²) >= 11 is -0.111. The standard InChI is InChI=1S/C25H25F3N4OS/c1-24(2)16-31(20-8-10-21(11-9-20)34-25(26,27)28)17-32(24)15-19-12-13-29-14-22(19)30-23(33)18-6-4-3-5-7-18/h3-14H,15-17H2,1-2H3,(H,30,33). The lowest BCUT2D eigenvalue weighted by Crippen LogP contribution is -2.39. The van der Waals surface area contributed by atoms with Crippen molar-refractivity contribution in [2.75, 3.05) is 23.4 Å². The molecule has 5 nitrogen and oxygen atoms in total. The zero-order valence-electron chi connectivity index (χ0n) is 18.8. The molecule has 9 heteroatoms. The van der Waals surface area contributed by atoms with Crippen LogP contribution in [0, 0.1) is 0 Å². The first-order valence-electron chi connectivity index (χ1n) is 10.8. The molecule has 0 aliphatic carbocycles. The third kappa shape index (κ3) is 5.90. The van der Waals surface area contributed by atoms with E-state index < -0.39 is 5.51 Å². The Kier molecular flexibility index (Phi) is 6.86. The van der Waals surface area contributed by atoms with Crippen LogP contribution in [-0.2, 0) is 6.54 Å². The number of aromatic nitrogens is 1. The third-order valence-electron chi connectivity index (χ3n) is 5.77. The molecule has 1 N–H and O–H groups in total. The quantitative estimate of drug-likeness (QED) is 0.433. The van der Waals surface area contributed by atoms with E-state index in [4.69, 9.17) is 0 Å². The van der Waals surface area contributed by atoms with Gasteiger partial charge < -0.3 is 10.2 Å². The molecule has 1 aliphatic heterocycles. The van der Waals surface area contributed by atoms with Gasteiger partial charge in [0.2, 0.25) is 0 Å². The number of thioether (sulfide) groups is 1. The smallest absolute Gasteiger partial charge is 0.357 e. The van der Waals surface area contributed by atoms with Gasteiger partial charge in [0, 0.05) is 41.0 Å². The molecular formula is C25H25F3N4OS. The fraction of sp³-hybridized carbons (Fsp3) is 0.280. The van der Waals surface area contributed by atoms with Gasteiger partial charge in [0.15, 0.2) is 0 Å². The average molecular weight is 487 g/mol. The van der Waals surface area contributed by atoms with Crippen molar-refractivity contribution in [3.05, 3.63) is 84.2 Å². The summed E-state index contributed by atoms with van der Waals surface area (Å²) in [4.78, 5) is 21.4. The molecule has 1 aromatic heterocycles. The van der Waals surface area contributed by atoms with Crippen LogP contribution in [0.2, 0.25) is 0 Å². The minimum atomic E-state index is -4.30. The van der Waals surface area contributed by atoms with Crippen LogP contribution in [0.3, 0.4) is 0 Å². The number of rotatable bonds is 6. The van der Waals surface area contributed by atoms with Gasteiger partial charge in [0.1, 0.15) is 0 Å². The number of hydrogen-bond acceptors (Lipinski definition) is 5. The molecule has 4 rings (SSSR count). The lowest BCUT2D eigenvalue weighted by molar-refractivity contribution is -0.0328. The lowest BCUT2D eigenvalue weighted by atomic mass is 10.0. The highest BCUT2D eigenvalue weighted by Gasteiger charge is 2.37. The first-order valence-corrected chi connectivity index (χ1v) is 11.6. The summed E-state index contributed by atoms with van der Waals surface area (Å²) in [5.41, 5.74) is -1.47. The van der Waals surface area contributed by atoms with Gasteiger partial charge in [-0.3, -0.25) is 14.7 Å². The molecule has 1 fully saturated rings. The lowest BCUT2D eigenvalue weighted by Gasteiger charge is -2.30. The van der Waals surface area contributed by atoms with Gasteiger partial charge in [-0.05, 0) is 73.6 Å². The maximum atomic E-state index is 12.6. The van der Waals surface area contributed by atoms with E-state index in [1.807, 2.05) is 24.3 Å². The molecule has 0 spiro atoms. The molecule has 0 bridgehead atoms. The highest BCUT2D eigenvalue weighted by Crippen LogP contribution is 2.38. The van der Waals surface area contributed by atoms with Gasteiger partial charge in [-0.2, -0.15) is 13.2 Å². The van der Waals surface area contributed by atoms with E-state index in [0.29, 0.717) is 24.5 Å². The summed E-state index contributed by atoms with van der Waals surface area (Å²) in [7, 11) is 0. The highest BCUT2D eigenvalue weighted by molar-refractivity contribution is 8.00. The van der Waals surface area contributed by atoms with Crippen LogP contribution >= 0.6 is 11.8 Å². The first kappa shape index (κ1) is 24.1. The Morgan fingerprint density at radius 2 is 1.79 bits per heavy atom. The topological polar surface area (TPSA) is 48.5 Å². The third-order valence-corrected chi connectivity index (χ3v) is 6.51. The second-order valence-corrected chi connectivity index (χ2v) is 9.88. The van der Waals surface area contributed by atoms with Crippen molar-refractivity contribution in [1.82, 2.24) is 9.88 Å². The summed E-state index contributed by atoms with van der Waals surface area (Å²) in [6, 6.07) is 17.3. The van der Waals surface area contributed by atoms with Gasteiger partial charge in [0.25, 0.3) is 5.91 Å². The van der Waals surface area contributed by atoms with Gasteiger partial charge >= 0.3 is 5.51 Å². The van der Waals surface area contributed by atoms with Crippen LogP contribution in [0.4, 0.5) is 24.5 Å². The minimum Gasteiger partial charge on any atom is -0.357 e. The number of anilines is 2. The van der Waals surface area contributed by atoms with Crippen molar-refractivity contribution in [2.45, 2.75) is 36.3 Å². The zero-order valence-corrected chi connectivity index (χ0v) is 19.7. The molecule has 1 amide bonds. The van der Waals surface area contributed by atoms with Gasteiger partial charge in [0.05, 0.1) is 18.6 Å². The Balaban J connectivity index is 1.47. The maximum absolute atomic E-state index is 12.6. The average Bonchev–Trinajstić information content (AvgIpc) is 3.09. The number of hydrogen-bond donors (Lipinski definition) is 1. The number of carbonyl (C=O) groups excluding carboxylic acids is 1. The predicted octanol–water partition coefficient (Wildman–Crippen LogP) is 6.00. The molecule has 1 saturated heterocycles. The molecule has 0 radical (unpaired) electrons. The molecule has 0 saturated carbocycles. The van der Waals surface area contributed by atoms with Crippen LogP contribution in [0.15, 0.2) is 78.0 Å². The van der Waals surface area contributed by atoms with Crippen LogP contribution in [0.5, 0.6) is 0 Å². The van der Waals surface area contributed by atoms with Gasteiger partial charge in [-0.1, -0.05) is 18.2 Å². The molecule has 3 aromatic rings. The van der Waals surface area contributed by atoms with Gasteiger partial charge in [-0.15, -0.1) is 0 Å². The number of alkyl halides is 3. The minimum absolute atomic E-state index is 0.111. The molecule has 0 unspecified atom stereocenters. The zero-order chi connectivity index (χ0) is 24.3. The monoisotopic (exact) mass is 486 g/mol. The maximum Gasteiger partial charge on any atom is 0.446 e. The number of halogens is 3. The van der Waals surface area contributed by atoms with E-state index in [1.165, 1.54) is 12.1 Å². The molecular weight excluding hydrogens is 461 g/mol. The number of amides is 1. The molecule has 34 heavy (non-hydrogen) atoms. The van der Waals surface area contributed by atoms with Gasteiger partial charge in [-0.25, -0.2) is 0 Å². The summed E-state index contributed by atoms with van der Waals surface area (Å²) in [5.74, 6) is -0.200. The highest BCUT2D eigenvalue weighted by atomic mass is 32.2. The number of benzene rings is 2. The van der Waals surface area contributed by atoms with E-state index >= 15 is 0 Å². The number of pyridine rings is 1. The number of nitrogens with zero attached hydrogens (tertiary/aromatic N) is 3. The predicted molar refractivity (Wildman–Crippen MR) is 129 cm³/mol. The van der Waals surface area contributed by atoms with E-state index in [1.54, 1.807) is 36.7 Å². The summed E-state index contributed by atoms with van der Waals surface area (Å²) in [5, 5.41) is 2.96. The summed E-state index contributed by atoms with van der Waals surface area (Å²) in [6.07, 6.45) is 3.35. The molecule has 178 valence electrons. The number of carbonyl (C=O) groups is 1. The Morgan fingerprint density at radius 1 is 1.09 bits per heavy atom. The van der Waals surface area contributed by atoms with Crippen molar-refractivity contribution in [3.8, 4) is 0 Å². The molecule has 0 atom stereocenters. The van der Waals surface area contributed by atoms with Crippen molar-refractivity contribution in [1.29, 1.82) is 0 Å². The fourth-order valence-corrected chi connectivity index (χ4v) is 4.51. The van der Waals surface area contributed by atoms with E-state index in [9.17, 15) is 18.0 Å². The Hall–Kier alpha value is -3.04. The Morgan fingerprint density at radius 3 is 2.47 bits per heavy atom. The molecule has 2 aromatic carbocycles.